The Bertz CT molecular complexity index is 1280. The van der Waals surface area contributed by atoms with Crippen LogP contribution in [0.4, 0.5) is 15.8 Å². The van der Waals surface area contributed by atoms with Gasteiger partial charge in [0.15, 0.2) is 0 Å². The number of hydrogen-bond acceptors (Lipinski definition) is 5. The number of carbonyl (C=O) groups excluding carboxylic acids is 2. The second kappa shape index (κ2) is 11.1. The molecule has 0 aliphatic rings. The topological polar surface area (TPSA) is 102 Å². The van der Waals surface area contributed by atoms with Crippen LogP contribution in [0.5, 0.6) is 0 Å². The van der Waals surface area contributed by atoms with E-state index in [2.05, 4.69) is 10.0 Å². The standard InChI is InChI=1S/C24H22ClFN2O5S/c1-2-3-14-33-24(30)17-6-10-19(11-7-17)28-34(31,32)20-12-13-22(21(26)15-20)27-23(29)16-4-8-18(25)9-5-16/h4-13,15,28H,2-3,14H2,1H3,(H,27,29). The van der Waals surface area contributed by atoms with Crippen molar-refractivity contribution in [2.45, 2.75) is 24.7 Å². The summed E-state index contributed by atoms with van der Waals surface area (Å²) in [5.74, 6) is -1.99. The summed E-state index contributed by atoms with van der Waals surface area (Å²) in [6.07, 6.45) is 1.65. The molecule has 178 valence electrons. The van der Waals surface area contributed by atoms with Crippen LogP contribution in [0.25, 0.3) is 0 Å². The monoisotopic (exact) mass is 504 g/mol. The summed E-state index contributed by atoms with van der Waals surface area (Å²) in [6.45, 7) is 2.29. The number of anilines is 2. The summed E-state index contributed by atoms with van der Waals surface area (Å²) >= 11 is 5.79. The number of amides is 1. The molecule has 0 saturated carbocycles. The molecule has 7 nitrogen and oxygen atoms in total. The van der Waals surface area contributed by atoms with Crippen LogP contribution in [0, 0.1) is 5.82 Å². The summed E-state index contributed by atoms with van der Waals surface area (Å²) in [5.41, 5.74) is 0.557. The lowest BCUT2D eigenvalue weighted by atomic mass is 10.2. The Morgan fingerprint density at radius 2 is 1.62 bits per heavy atom. The van der Waals surface area contributed by atoms with E-state index in [1.807, 2.05) is 6.92 Å². The Kier molecular flexibility index (Phi) is 8.25. The van der Waals surface area contributed by atoms with Crippen LogP contribution in [0.15, 0.2) is 71.6 Å². The zero-order chi connectivity index (χ0) is 24.7. The van der Waals surface area contributed by atoms with Crippen molar-refractivity contribution in [3.63, 3.8) is 0 Å². The van der Waals surface area contributed by atoms with E-state index in [9.17, 15) is 22.4 Å². The fraction of sp³-hybridized carbons (Fsp3) is 0.167. The van der Waals surface area contributed by atoms with Crippen molar-refractivity contribution in [1.29, 1.82) is 0 Å². The number of carbonyl (C=O) groups is 2. The fourth-order valence-electron chi connectivity index (χ4n) is 2.84. The minimum atomic E-state index is -4.12. The van der Waals surface area contributed by atoms with E-state index in [4.69, 9.17) is 16.3 Å². The van der Waals surface area contributed by atoms with Gasteiger partial charge in [-0.3, -0.25) is 9.52 Å². The first-order chi connectivity index (χ1) is 16.2. The third kappa shape index (κ3) is 6.55. The van der Waals surface area contributed by atoms with Gasteiger partial charge in [0, 0.05) is 16.3 Å². The predicted molar refractivity (Wildman–Crippen MR) is 128 cm³/mol. The third-order valence-electron chi connectivity index (χ3n) is 4.71. The molecule has 0 aliphatic heterocycles. The van der Waals surface area contributed by atoms with Crippen LogP contribution in [-0.2, 0) is 14.8 Å². The number of rotatable bonds is 9. The molecule has 0 aliphatic carbocycles. The molecule has 0 atom stereocenters. The van der Waals surface area contributed by atoms with Crippen molar-refractivity contribution >= 4 is 44.9 Å². The SMILES string of the molecule is CCCCOC(=O)c1ccc(NS(=O)(=O)c2ccc(NC(=O)c3ccc(Cl)cc3)c(F)c2)cc1. The third-order valence-corrected chi connectivity index (χ3v) is 6.34. The average molecular weight is 505 g/mol. The van der Waals surface area contributed by atoms with Crippen LogP contribution in [0.3, 0.4) is 0 Å². The highest BCUT2D eigenvalue weighted by atomic mass is 35.5. The second-order valence-corrected chi connectivity index (χ2v) is 9.39. The van der Waals surface area contributed by atoms with Gasteiger partial charge >= 0.3 is 5.97 Å². The number of esters is 1. The number of unbranched alkanes of at least 4 members (excludes halogenated alkanes) is 1. The molecule has 0 heterocycles. The van der Waals surface area contributed by atoms with Gasteiger partial charge in [0.1, 0.15) is 5.82 Å². The first kappa shape index (κ1) is 25.2. The number of ether oxygens (including phenoxy) is 1. The maximum absolute atomic E-state index is 14.5. The van der Waals surface area contributed by atoms with Gasteiger partial charge in [0.25, 0.3) is 15.9 Å². The van der Waals surface area contributed by atoms with Gasteiger partial charge in [0.2, 0.25) is 0 Å². The van der Waals surface area contributed by atoms with Crippen LogP contribution in [0.1, 0.15) is 40.5 Å². The zero-order valence-corrected chi connectivity index (χ0v) is 19.8. The summed E-state index contributed by atoms with van der Waals surface area (Å²) in [6, 6.07) is 14.8. The molecule has 1 amide bonds. The van der Waals surface area contributed by atoms with E-state index in [1.165, 1.54) is 54.6 Å². The maximum Gasteiger partial charge on any atom is 0.338 e. The molecule has 3 rings (SSSR count). The first-order valence-corrected chi connectivity index (χ1v) is 12.2. The lowest BCUT2D eigenvalue weighted by Gasteiger charge is -2.11. The van der Waals surface area contributed by atoms with Crippen molar-refractivity contribution in [1.82, 2.24) is 0 Å². The molecule has 0 aromatic heterocycles. The average Bonchev–Trinajstić information content (AvgIpc) is 2.81. The highest BCUT2D eigenvalue weighted by Crippen LogP contribution is 2.23. The predicted octanol–water partition coefficient (Wildman–Crippen LogP) is 5.49. The van der Waals surface area contributed by atoms with Gasteiger partial charge in [-0.2, -0.15) is 0 Å². The minimum absolute atomic E-state index is 0.176. The zero-order valence-electron chi connectivity index (χ0n) is 18.2. The lowest BCUT2D eigenvalue weighted by Crippen LogP contribution is -2.15. The number of hydrogen-bond donors (Lipinski definition) is 2. The first-order valence-electron chi connectivity index (χ1n) is 10.4. The highest BCUT2D eigenvalue weighted by molar-refractivity contribution is 7.92. The van der Waals surface area contributed by atoms with Crippen molar-refractivity contribution in [2.75, 3.05) is 16.6 Å². The molecular weight excluding hydrogens is 483 g/mol. The summed E-state index contributed by atoms with van der Waals surface area (Å²) in [7, 11) is -4.12. The van der Waals surface area contributed by atoms with Crippen LogP contribution in [0.2, 0.25) is 5.02 Å². The molecule has 0 fully saturated rings. The Hall–Kier alpha value is -3.43. The van der Waals surface area contributed by atoms with E-state index in [-0.39, 0.29) is 27.4 Å². The quantitative estimate of drug-likeness (QED) is 0.296. The molecule has 0 unspecified atom stereocenters. The minimum Gasteiger partial charge on any atom is -0.462 e. The molecule has 0 bridgehead atoms. The molecule has 3 aromatic rings. The maximum atomic E-state index is 14.5. The number of halogens is 2. The smallest absolute Gasteiger partial charge is 0.338 e. The molecule has 10 heteroatoms. The van der Waals surface area contributed by atoms with Gasteiger partial charge in [-0.05, 0) is 73.2 Å². The number of nitrogens with one attached hydrogen (secondary N) is 2. The molecular formula is C24H22ClFN2O5S. The lowest BCUT2D eigenvalue weighted by molar-refractivity contribution is 0.0499. The van der Waals surface area contributed by atoms with E-state index in [0.717, 1.165) is 25.0 Å². The summed E-state index contributed by atoms with van der Waals surface area (Å²) in [4.78, 5) is 23.9. The van der Waals surface area contributed by atoms with Crippen LogP contribution >= 0.6 is 11.6 Å². The summed E-state index contributed by atoms with van der Waals surface area (Å²) < 4.78 is 47.3. The molecule has 0 saturated heterocycles. The molecule has 34 heavy (non-hydrogen) atoms. The Morgan fingerprint density at radius 1 is 0.971 bits per heavy atom. The van der Waals surface area contributed by atoms with Crippen LogP contribution < -0.4 is 10.0 Å². The normalized spacial score (nSPS) is 11.0. The van der Waals surface area contributed by atoms with Crippen molar-refractivity contribution in [2.24, 2.45) is 0 Å². The van der Waals surface area contributed by atoms with Gasteiger partial charge in [0.05, 0.1) is 22.8 Å². The van der Waals surface area contributed by atoms with E-state index in [1.54, 1.807) is 0 Å². The van der Waals surface area contributed by atoms with Gasteiger partial charge in [-0.1, -0.05) is 24.9 Å². The molecule has 2 N–H and O–H groups in total. The van der Waals surface area contributed by atoms with Crippen molar-refractivity contribution in [3.05, 3.63) is 88.7 Å². The Balaban J connectivity index is 1.68. The number of benzene rings is 3. The second-order valence-electron chi connectivity index (χ2n) is 7.27. The van der Waals surface area contributed by atoms with Gasteiger partial charge < -0.3 is 10.1 Å². The van der Waals surface area contributed by atoms with Crippen LogP contribution in [-0.4, -0.2) is 26.9 Å². The highest BCUT2D eigenvalue weighted by Gasteiger charge is 2.18. The Morgan fingerprint density at radius 3 is 2.24 bits per heavy atom. The number of sulfonamides is 1. The van der Waals surface area contributed by atoms with Gasteiger partial charge in [-0.15, -0.1) is 0 Å². The largest absolute Gasteiger partial charge is 0.462 e. The molecule has 0 spiro atoms. The fourth-order valence-corrected chi connectivity index (χ4v) is 4.04. The summed E-state index contributed by atoms with van der Waals surface area (Å²) in [5, 5.41) is 2.84. The van der Waals surface area contributed by atoms with E-state index >= 15 is 0 Å². The van der Waals surface area contributed by atoms with E-state index in [0.29, 0.717) is 11.6 Å². The molecule has 0 radical (unpaired) electrons. The van der Waals surface area contributed by atoms with Crippen molar-refractivity contribution < 1.29 is 27.1 Å². The Labute approximate surface area is 202 Å². The van der Waals surface area contributed by atoms with E-state index < -0.39 is 27.7 Å². The molecule has 3 aromatic carbocycles. The van der Waals surface area contributed by atoms with Gasteiger partial charge in [-0.25, -0.2) is 17.6 Å². The van der Waals surface area contributed by atoms with Crippen molar-refractivity contribution in [3.8, 4) is 0 Å².